The van der Waals surface area contributed by atoms with Gasteiger partial charge in [0.05, 0.1) is 14.2 Å². The maximum atomic E-state index is 5.47. The topological polar surface area (TPSA) is 33.7 Å². The largest absolute Gasteiger partial charge is 0.497 e. The third kappa shape index (κ3) is 2.55. The minimum Gasteiger partial charge on any atom is -0.497 e. The Labute approximate surface area is 114 Å². The molecule has 19 heavy (non-hydrogen) atoms. The van der Waals surface area contributed by atoms with Gasteiger partial charge >= 0.3 is 0 Å². The molecule has 104 valence electrons. The lowest BCUT2D eigenvalue weighted by Gasteiger charge is -2.19. The summed E-state index contributed by atoms with van der Waals surface area (Å²) < 4.78 is 10.7. The lowest BCUT2D eigenvalue weighted by Crippen LogP contribution is -2.25. The predicted molar refractivity (Wildman–Crippen MR) is 74.7 cm³/mol. The van der Waals surface area contributed by atoms with Crippen LogP contribution in [0.5, 0.6) is 11.5 Å². The van der Waals surface area contributed by atoms with E-state index >= 15 is 0 Å². The van der Waals surface area contributed by atoms with Crippen LogP contribution in [0.2, 0.25) is 0 Å². The maximum absolute atomic E-state index is 5.47. The summed E-state index contributed by atoms with van der Waals surface area (Å²) in [5.41, 5.74) is 1.25. The monoisotopic (exact) mass is 262 g/mol. The number of rotatable bonds is 4. The van der Waals surface area contributed by atoms with E-state index in [4.69, 9.17) is 9.47 Å². The van der Waals surface area contributed by atoms with E-state index in [1.54, 1.807) is 14.2 Å². The number of fused-ring (bicyclic) bond motifs is 1. The summed E-state index contributed by atoms with van der Waals surface area (Å²) >= 11 is 0. The van der Waals surface area contributed by atoms with Crippen LogP contribution in [-0.4, -0.2) is 45.3 Å². The average Bonchev–Trinajstić information content (AvgIpc) is 3.00. The highest BCUT2D eigenvalue weighted by Gasteiger charge is 2.35. The van der Waals surface area contributed by atoms with Gasteiger partial charge in [-0.15, -0.1) is 0 Å². The Balaban J connectivity index is 1.69. The molecule has 0 saturated carbocycles. The van der Waals surface area contributed by atoms with E-state index in [1.807, 2.05) is 12.1 Å². The Morgan fingerprint density at radius 1 is 1.16 bits per heavy atom. The van der Waals surface area contributed by atoms with E-state index in [2.05, 4.69) is 16.3 Å². The zero-order chi connectivity index (χ0) is 13.2. The molecule has 2 unspecified atom stereocenters. The Morgan fingerprint density at radius 2 is 1.89 bits per heavy atom. The Bertz CT molecular complexity index is 438. The van der Waals surface area contributed by atoms with Crippen LogP contribution in [0.1, 0.15) is 5.56 Å². The molecule has 2 aliphatic rings. The average molecular weight is 262 g/mol. The number of ether oxygens (including phenoxy) is 2. The van der Waals surface area contributed by atoms with E-state index in [-0.39, 0.29) is 0 Å². The first kappa shape index (κ1) is 12.8. The maximum Gasteiger partial charge on any atom is 0.127 e. The van der Waals surface area contributed by atoms with E-state index < -0.39 is 0 Å². The molecule has 4 nitrogen and oxygen atoms in total. The zero-order valence-corrected chi connectivity index (χ0v) is 11.7. The number of benzene rings is 1. The summed E-state index contributed by atoms with van der Waals surface area (Å²) in [4.78, 5) is 2.54. The van der Waals surface area contributed by atoms with Crippen molar-refractivity contribution < 1.29 is 9.47 Å². The van der Waals surface area contributed by atoms with E-state index in [0.717, 1.165) is 29.9 Å². The quantitative estimate of drug-likeness (QED) is 0.888. The Hall–Kier alpha value is -1.26. The summed E-state index contributed by atoms with van der Waals surface area (Å²) in [6, 6.07) is 6.09. The highest BCUT2D eigenvalue weighted by atomic mass is 16.5. The molecule has 0 aromatic heterocycles. The minimum atomic E-state index is 0.837. The van der Waals surface area contributed by atoms with Gasteiger partial charge in [0, 0.05) is 31.3 Å². The summed E-state index contributed by atoms with van der Waals surface area (Å²) in [7, 11) is 3.41. The first-order chi connectivity index (χ1) is 9.30. The Kier molecular flexibility index (Phi) is 3.62. The summed E-state index contributed by atoms with van der Waals surface area (Å²) in [6.07, 6.45) is 0. The Morgan fingerprint density at radius 3 is 2.53 bits per heavy atom. The smallest absolute Gasteiger partial charge is 0.127 e. The highest BCUT2D eigenvalue weighted by molar-refractivity contribution is 5.40. The molecular weight excluding hydrogens is 240 g/mol. The predicted octanol–water partition coefficient (Wildman–Crippen LogP) is 1.35. The lowest BCUT2D eigenvalue weighted by molar-refractivity contribution is 0.297. The summed E-state index contributed by atoms with van der Waals surface area (Å²) in [6.45, 7) is 5.74. The van der Waals surface area contributed by atoms with Crippen molar-refractivity contribution in [3.8, 4) is 11.5 Å². The van der Waals surface area contributed by atoms with Gasteiger partial charge in [0.25, 0.3) is 0 Å². The van der Waals surface area contributed by atoms with Gasteiger partial charge in [0.1, 0.15) is 11.5 Å². The summed E-state index contributed by atoms with van der Waals surface area (Å²) in [5.74, 6) is 3.45. The van der Waals surface area contributed by atoms with Crippen LogP contribution in [0.4, 0.5) is 0 Å². The van der Waals surface area contributed by atoms with E-state index in [1.165, 1.54) is 31.7 Å². The fourth-order valence-corrected chi connectivity index (χ4v) is 3.31. The standard InChI is InChI=1S/C15H22N2O2/c1-18-14-4-3-11(15(5-14)19-2)8-17-9-12-6-16-7-13(12)10-17/h3-5,12-13,16H,6-10H2,1-2H3. The number of nitrogens with zero attached hydrogens (tertiary/aromatic N) is 1. The van der Waals surface area contributed by atoms with Crippen LogP contribution < -0.4 is 14.8 Å². The van der Waals surface area contributed by atoms with Crippen molar-refractivity contribution in [2.75, 3.05) is 40.4 Å². The molecule has 2 saturated heterocycles. The lowest BCUT2D eigenvalue weighted by atomic mass is 10.0. The van der Waals surface area contributed by atoms with Crippen LogP contribution >= 0.6 is 0 Å². The zero-order valence-electron chi connectivity index (χ0n) is 11.7. The molecule has 2 atom stereocenters. The molecule has 0 aliphatic carbocycles. The molecular formula is C15H22N2O2. The molecule has 0 spiro atoms. The second-order valence-electron chi connectivity index (χ2n) is 5.55. The van der Waals surface area contributed by atoms with E-state index in [9.17, 15) is 0 Å². The fourth-order valence-electron chi connectivity index (χ4n) is 3.31. The van der Waals surface area contributed by atoms with Crippen LogP contribution in [-0.2, 0) is 6.54 Å². The van der Waals surface area contributed by atoms with Crippen LogP contribution in [0.15, 0.2) is 18.2 Å². The molecule has 2 aliphatic heterocycles. The third-order valence-corrected chi connectivity index (χ3v) is 4.35. The van der Waals surface area contributed by atoms with Crippen molar-refractivity contribution >= 4 is 0 Å². The molecule has 0 amide bonds. The van der Waals surface area contributed by atoms with Crippen molar-refractivity contribution in [1.82, 2.24) is 10.2 Å². The van der Waals surface area contributed by atoms with Gasteiger partial charge in [-0.1, -0.05) is 6.07 Å². The van der Waals surface area contributed by atoms with Crippen LogP contribution in [0, 0.1) is 11.8 Å². The summed E-state index contributed by atoms with van der Waals surface area (Å²) in [5, 5.41) is 3.48. The first-order valence-electron chi connectivity index (χ1n) is 6.94. The molecule has 2 heterocycles. The number of methoxy groups -OCH3 is 2. The second-order valence-corrected chi connectivity index (χ2v) is 5.55. The van der Waals surface area contributed by atoms with Gasteiger partial charge in [-0.25, -0.2) is 0 Å². The minimum absolute atomic E-state index is 0.837. The molecule has 1 aromatic rings. The normalized spacial score (nSPS) is 26.4. The number of hydrogen-bond donors (Lipinski definition) is 1. The fraction of sp³-hybridized carbons (Fsp3) is 0.600. The molecule has 0 radical (unpaired) electrons. The number of nitrogens with one attached hydrogen (secondary N) is 1. The third-order valence-electron chi connectivity index (χ3n) is 4.35. The van der Waals surface area contributed by atoms with Gasteiger partial charge in [-0.3, -0.25) is 4.90 Å². The van der Waals surface area contributed by atoms with Crippen molar-refractivity contribution in [3.63, 3.8) is 0 Å². The van der Waals surface area contributed by atoms with Crippen molar-refractivity contribution in [2.45, 2.75) is 6.54 Å². The SMILES string of the molecule is COc1ccc(CN2CC3CNCC3C2)c(OC)c1. The van der Waals surface area contributed by atoms with Gasteiger partial charge in [0.15, 0.2) is 0 Å². The first-order valence-corrected chi connectivity index (χ1v) is 6.94. The number of likely N-dealkylation sites (tertiary alicyclic amines) is 1. The molecule has 2 fully saturated rings. The highest BCUT2D eigenvalue weighted by Crippen LogP contribution is 2.30. The van der Waals surface area contributed by atoms with Crippen LogP contribution in [0.3, 0.4) is 0 Å². The van der Waals surface area contributed by atoms with Gasteiger partial charge in [0.2, 0.25) is 0 Å². The second kappa shape index (κ2) is 5.39. The molecule has 4 heteroatoms. The van der Waals surface area contributed by atoms with Gasteiger partial charge in [-0.2, -0.15) is 0 Å². The van der Waals surface area contributed by atoms with Crippen molar-refractivity contribution in [1.29, 1.82) is 0 Å². The van der Waals surface area contributed by atoms with Gasteiger partial charge in [-0.05, 0) is 31.0 Å². The number of hydrogen-bond acceptors (Lipinski definition) is 4. The molecule has 1 aromatic carbocycles. The van der Waals surface area contributed by atoms with Crippen LogP contribution in [0.25, 0.3) is 0 Å². The molecule has 3 rings (SSSR count). The van der Waals surface area contributed by atoms with E-state index in [0.29, 0.717) is 0 Å². The van der Waals surface area contributed by atoms with Crippen molar-refractivity contribution in [3.05, 3.63) is 23.8 Å². The van der Waals surface area contributed by atoms with Gasteiger partial charge < -0.3 is 14.8 Å². The van der Waals surface area contributed by atoms with Crippen molar-refractivity contribution in [2.24, 2.45) is 11.8 Å². The molecule has 1 N–H and O–H groups in total. The molecule has 0 bridgehead atoms.